The lowest BCUT2D eigenvalue weighted by Crippen LogP contribution is -2.55. The summed E-state index contributed by atoms with van der Waals surface area (Å²) in [7, 11) is 32.8. The van der Waals surface area contributed by atoms with Crippen molar-refractivity contribution in [2.45, 2.75) is 0 Å². The van der Waals surface area contributed by atoms with Crippen molar-refractivity contribution in [2.75, 3.05) is 0 Å². The maximum Gasteiger partial charge on any atom is 0.136 e. The lowest BCUT2D eigenvalue weighted by atomic mass is 9.59. The van der Waals surface area contributed by atoms with E-state index in [-0.39, 0.29) is 16.4 Å². The molecule has 10 radical (unpaired) electrons. The fourth-order valence-electron chi connectivity index (χ4n) is 9.42. The van der Waals surface area contributed by atoms with Gasteiger partial charge in [0, 0.05) is 10.8 Å². The molecule has 256 valence electrons. The molecule has 1 aromatic heterocycles. The Hall–Kier alpha value is -6.64. The van der Waals surface area contributed by atoms with E-state index in [9.17, 15) is 0 Å². The normalized spacial score (nSPS) is 11.8. The largest absolute Gasteiger partial charge is 0.456 e. The first-order chi connectivity index (χ1) is 28.4. The van der Waals surface area contributed by atoms with Crippen molar-refractivity contribution in [3.8, 4) is 44.5 Å². The van der Waals surface area contributed by atoms with Crippen LogP contribution in [0.3, 0.4) is 0 Å². The van der Waals surface area contributed by atoms with Crippen molar-refractivity contribution < 1.29 is 4.42 Å². The van der Waals surface area contributed by atoms with E-state index < -0.39 is 0 Å². The van der Waals surface area contributed by atoms with Crippen LogP contribution in [-0.4, -0.2) is 39.2 Å². The predicted molar refractivity (Wildman–Crippen MR) is 252 cm³/mol. The Labute approximate surface area is 342 Å². The van der Waals surface area contributed by atoms with Gasteiger partial charge in [0.1, 0.15) is 50.4 Å². The van der Waals surface area contributed by atoms with Crippen LogP contribution in [0.4, 0.5) is 0 Å². The maximum absolute atomic E-state index is 6.81. The minimum absolute atomic E-state index is 0.188. The zero-order chi connectivity index (χ0) is 39.2. The molecule has 0 aliphatic heterocycles. The van der Waals surface area contributed by atoms with Gasteiger partial charge in [-0.25, -0.2) is 0 Å². The number of fused-ring (bicyclic) bond motifs is 7. The lowest BCUT2D eigenvalue weighted by Gasteiger charge is -2.25. The van der Waals surface area contributed by atoms with Crippen molar-refractivity contribution >= 4 is 132 Å². The Morgan fingerprint density at radius 1 is 0.259 bits per heavy atom. The Kier molecular flexibility index (Phi) is 7.88. The molecule has 11 rings (SSSR count). The highest BCUT2D eigenvalue weighted by molar-refractivity contribution is 6.69. The lowest BCUT2D eigenvalue weighted by molar-refractivity contribution is 0.669. The third-order valence-electron chi connectivity index (χ3n) is 11.9. The smallest absolute Gasteiger partial charge is 0.136 e. The van der Waals surface area contributed by atoms with Crippen LogP contribution in [0.15, 0.2) is 168 Å². The fraction of sp³-hybridized carbons (Fsp3) is 0. The van der Waals surface area contributed by atoms with Crippen molar-refractivity contribution in [3.05, 3.63) is 164 Å². The summed E-state index contributed by atoms with van der Waals surface area (Å²) in [5.41, 5.74) is 11.1. The summed E-state index contributed by atoms with van der Waals surface area (Å²) in [6, 6.07) is 57.7. The monoisotopic (exact) mass is 722 g/mol. The molecule has 11 aromatic rings. The molecule has 58 heavy (non-hydrogen) atoms. The van der Waals surface area contributed by atoms with Gasteiger partial charge in [-0.15, -0.1) is 16.4 Å². The molecule has 0 N–H and O–H groups in total. The predicted octanol–water partition coefficient (Wildman–Crippen LogP) is 8.84. The molecular weight excluding hydrogens is 695 g/mol. The van der Waals surface area contributed by atoms with Gasteiger partial charge in [0.2, 0.25) is 0 Å². The highest BCUT2D eigenvalue weighted by atomic mass is 16.3. The van der Waals surface area contributed by atoms with Gasteiger partial charge in [0.15, 0.2) is 0 Å². The molecule has 0 bridgehead atoms. The Morgan fingerprint density at radius 3 is 0.983 bits per heavy atom. The number of hydrogen-bond donors (Lipinski definition) is 0. The van der Waals surface area contributed by atoms with E-state index in [1.54, 1.807) is 0 Å². The van der Waals surface area contributed by atoms with Crippen LogP contribution in [0.25, 0.3) is 110 Å². The standard InChI is InChI=1S/C52H27B5O/c53-48-47(49(54)51(56)52(57)50(48)55)44-35-22-10-8-20-33(35)43(34-21-9-11-23-36(34)44)38-25-13-27-40-46(38)45-37(24-12-26-39(45)58-40)42-31-18-6-4-16-29(31)41(28-14-2-1-3-15-28)30-17-5-7-19-32(30)42/h1-27H. The zero-order valence-corrected chi connectivity index (χ0v) is 31.4. The molecule has 0 unspecified atom stereocenters. The van der Waals surface area contributed by atoms with Crippen molar-refractivity contribution in [2.24, 2.45) is 0 Å². The van der Waals surface area contributed by atoms with Crippen LogP contribution < -0.4 is 27.3 Å². The molecule has 0 atom stereocenters. The van der Waals surface area contributed by atoms with Gasteiger partial charge in [-0.3, -0.25) is 0 Å². The first-order valence-electron chi connectivity index (χ1n) is 19.3. The highest BCUT2D eigenvalue weighted by Gasteiger charge is 2.25. The van der Waals surface area contributed by atoms with Gasteiger partial charge in [-0.05, 0) is 99.7 Å². The molecule has 6 heteroatoms. The molecule has 0 spiro atoms. The molecule has 0 aliphatic carbocycles. The van der Waals surface area contributed by atoms with E-state index in [0.717, 1.165) is 65.7 Å². The zero-order valence-electron chi connectivity index (χ0n) is 31.4. The Balaban J connectivity index is 1.29. The number of furan rings is 1. The van der Waals surface area contributed by atoms with E-state index in [2.05, 4.69) is 152 Å². The molecule has 0 amide bonds. The molecule has 0 fully saturated rings. The molecule has 1 nitrogen and oxygen atoms in total. The second kappa shape index (κ2) is 13.2. The van der Waals surface area contributed by atoms with Crippen molar-refractivity contribution in [1.29, 1.82) is 0 Å². The summed E-state index contributed by atoms with van der Waals surface area (Å²) < 4.78 is 6.81. The number of hydrogen-bond acceptors (Lipinski definition) is 1. The van der Waals surface area contributed by atoms with Crippen LogP contribution in [0.5, 0.6) is 0 Å². The van der Waals surface area contributed by atoms with Crippen LogP contribution in [0, 0.1) is 0 Å². The van der Waals surface area contributed by atoms with Gasteiger partial charge < -0.3 is 4.42 Å². The van der Waals surface area contributed by atoms with Gasteiger partial charge in [-0.2, -0.15) is 0 Å². The van der Waals surface area contributed by atoms with Gasteiger partial charge in [-0.1, -0.05) is 163 Å². The summed E-state index contributed by atoms with van der Waals surface area (Å²) in [6.07, 6.45) is 0. The Morgan fingerprint density at radius 2 is 0.586 bits per heavy atom. The van der Waals surface area contributed by atoms with Crippen LogP contribution in [-0.2, 0) is 0 Å². The van der Waals surface area contributed by atoms with Gasteiger partial charge in [0.05, 0.1) is 0 Å². The number of benzene rings is 10. The van der Waals surface area contributed by atoms with E-state index in [1.807, 2.05) is 12.1 Å². The van der Waals surface area contributed by atoms with Gasteiger partial charge in [0.25, 0.3) is 0 Å². The van der Waals surface area contributed by atoms with Crippen molar-refractivity contribution in [3.63, 3.8) is 0 Å². The summed E-state index contributed by atoms with van der Waals surface area (Å²) in [4.78, 5) is 0. The summed E-state index contributed by atoms with van der Waals surface area (Å²) in [6.45, 7) is 0. The topological polar surface area (TPSA) is 13.1 Å². The average Bonchev–Trinajstić information content (AvgIpc) is 3.67. The fourth-order valence-corrected chi connectivity index (χ4v) is 9.42. The summed E-state index contributed by atoms with van der Waals surface area (Å²) in [5, 5.41) is 10.8. The molecular formula is C52H27B5O. The average molecular weight is 722 g/mol. The van der Waals surface area contributed by atoms with Gasteiger partial charge >= 0.3 is 0 Å². The second-order valence-electron chi connectivity index (χ2n) is 15.0. The Bertz CT molecular complexity index is 3370. The third-order valence-corrected chi connectivity index (χ3v) is 11.9. The first-order valence-corrected chi connectivity index (χ1v) is 19.3. The SMILES string of the molecule is [B]c1c([B])c([B])c(-c2c3ccccc3c(-c3cccc4oc5cccc(-c6c7ccccc7c(-c7ccccc7)c7ccccc67)c5c34)c3ccccc23)c([B])c1[B]. The van der Waals surface area contributed by atoms with Crippen LogP contribution in [0.2, 0.25) is 0 Å². The highest BCUT2D eigenvalue weighted by Crippen LogP contribution is 2.50. The van der Waals surface area contributed by atoms with Crippen LogP contribution in [0.1, 0.15) is 0 Å². The first kappa shape index (κ1) is 34.6. The van der Waals surface area contributed by atoms with E-state index >= 15 is 0 Å². The summed E-state index contributed by atoms with van der Waals surface area (Å²) >= 11 is 0. The minimum atomic E-state index is 0.188. The second-order valence-corrected chi connectivity index (χ2v) is 15.0. The van der Waals surface area contributed by atoms with E-state index in [4.69, 9.17) is 43.6 Å². The minimum Gasteiger partial charge on any atom is -0.456 e. The molecule has 1 heterocycles. The quantitative estimate of drug-likeness (QED) is 0.131. The maximum atomic E-state index is 6.81. The van der Waals surface area contributed by atoms with E-state index in [0.29, 0.717) is 16.5 Å². The molecule has 0 aliphatic rings. The molecule has 0 saturated heterocycles. The summed E-state index contributed by atoms with van der Waals surface area (Å²) in [5.74, 6) is 0. The molecule has 10 aromatic carbocycles. The third kappa shape index (κ3) is 4.91. The van der Waals surface area contributed by atoms with Crippen LogP contribution >= 0.6 is 0 Å². The molecule has 0 saturated carbocycles. The van der Waals surface area contributed by atoms with Crippen molar-refractivity contribution in [1.82, 2.24) is 0 Å². The number of rotatable bonds is 4. The van der Waals surface area contributed by atoms with E-state index in [1.165, 1.54) is 38.2 Å².